The predicted octanol–water partition coefficient (Wildman–Crippen LogP) is 0.427. The van der Waals surface area contributed by atoms with Gasteiger partial charge in [0.1, 0.15) is 24.4 Å². The summed E-state index contributed by atoms with van der Waals surface area (Å²) in [5.74, 6) is 0. The average Bonchev–Trinajstić information content (AvgIpc) is 2.47. The summed E-state index contributed by atoms with van der Waals surface area (Å²) >= 11 is 0. The molecular weight excluding hydrogens is 264 g/mol. The minimum Gasteiger partial charge on any atom is -0.394 e. The number of rotatable bonds is 9. The van der Waals surface area contributed by atoms with Crippen molar-refractivity contribution in [2.75, 3.05) is 20.3 Å². The molecule has 3 N–H and O–H groups in total. The molecular formula is C14H28O6. The summed E-state index contributed by atoms with van der Waals surface area (Å²) in [6.07, 6.45) is 0.884. The summed E-state index contributed by atoms with van der Waals surface area (Å²) in [6, 6.07) is 0. The second kappa shape index (κ2) is 9.65. The molecule has 6 nitrogen and oxygen atoms in total. The van der Waals surface area contributed by atoms with E-state index in [0.29, 0.717) is 6.61 Å². The van der Waals surface area contributed by atoms with Crippen molar-refractivity contribution in [2.24, 2.45) is 0 Å². The summed E-state index contributed by atoms with van der Waals surface area (Å²) < 4.78 is 15.9. The first-order chi connectivity index (χ1) is 9.65. The zero-order chi connectivity index (χ0) is 15.0. The number of ether oxygens (including phenoxy) is 3. The first-order valence-corrected chi connectivity index (χ1v) is 7.42. The van der Waals surface area contributed by atoms with Gasteiger partial charge in [-0.2, -0.15) is 0 Å². The molecule has 0 saturated carbocycles. The van der Waals surface area contributed by atoms with Crippen molar-refractivity contribution in [2.45, 2.75) is 69.7 Å². The monoisotopic (exact) mass is 292 g/mol. The summed E-state index contributed by atoms with van der Waals surface area (Å²) in [6.45, 7) is 2.35. The summed E-state index contributed by atoms with van der Waals surface area (Å²) in [5.41, 5.74) is 0. The van der Waals surface area contributed by atoms with Crippen LogP contribution in [0.15, 0.2) is 0 Å². The van der Waals surface area contributed by atoms with Crippen LogP contribution in [-0.4, -0.2) is 66.3 Å². The molecule has 0 aliphatic carbocycles. The molecule has 1 aliphatic rings. The third-order valence-electron chi connectivity index (χ3n) is 3.61. The maximum Gasteiger partial charge on any atom is 0.186 e. The molecule has 6 heteroatoms. The largest absolute Gasteiger partial charge is 0.394 e. The summed E-state index contributed by atoms with van der Waals surface area (Å²) in [5, 5.41) is 29.2. The van der Waals surface area contributed by atoms with Crippen molar-refractivity contribution < 1.29 is 29.5 Å². The highest BCUT2D eigenvalue weighted by Crippen LogP contribution is 2.24. The number of hydrogen-bond acceptors (Lipinski definition) is 6. The lowest BCUT2D eigenvalue weighted by molar-refractivity contribution is -0.301. The number of aliphatic hydroxyl groups is 3. The van der Waals surface area contributed by atoms with E-state index in [1.165, 1.54) is 26.4 Å². The lowest BCUT2D eigenvalue weighted by atomic mass is 9.99. The van der Waals surface area contributed by atoms with Crippen LogP contribution in [0.2, 0.25) is 0 Å². The van der Waals surface area contributed by atoms with Crippen molar-refractivity contribution in [3.05, 3.63) is 0 Å². The highest BCUT2D eigenvalue weighted by molar-refractivity contribution is 4.90. The second-order valence-electron chi connectivity index (χ2n) is 5.19. The van der Waals surface area contributed by atoms with E-state index in [2.05, 4.69) is 6.92 Å². The van der Waals surface area contributed by atoms with Crippen molar-refractivity contribution in [1.82, 2.24) is 0 Å². The Morgan fingerprint density at radius 1 is 1.05 bits per heavy atom. The van der Waals surface area contributed by atoms with Gasteiger partial charge in [-0.15, -0.1) is 0 Å². The van der Waals surface area contributed by atoms with Crippen LogP contribution in [0.3, 0.4) is 0 Å². The molecule has 0 aromatic rings. The molecule has 0 bridgehead atoms. The molecule has 0 spiro atoms. The Morgan fingerprint density at radius 2 is 1.75 bits per heavy atom. The van der Waals surface area contributed by atoms with E-state index in [1.807, 2.05) is 0 Å². The van der Waals surface area contributed by atoms with Crippen LogP contribution in [0, 0.1) is 0 Å². The van der Waals surface area contributed by atoms with E-state index in [-0.39, 0.29) is 6.61 Å². The second-order valence-corrected chi connectivity index (χ2v) is 5.19. The van der Waals surface area contributed by atoms with Gasteiger partial charge in [0.25, 0.3) is 0 Å². The molecule has 0 aromatic heterocycles. The molecule has 1 saturated heterocycles. The molecule has 0 amide bonds. The van der Waals surface area contributed by atoms with E-state index < -0.39 is 30.7 Å². The minimum absolute atomic E-state index is 0.288. The Bertz CT molecular complexity index is 248. The average molecular weight is 292 g/mol. The molecule has 1 fully saturated rings. The van der Waals surface area contributed by atoms with Gasteiger partial charge in [-0.3, -0.25) is 0 Å². The van der Waals surface area contributed by atoms with E-state index in [0.717, 1.165) is 12.8 Å². The third kappa shape index (κ3) is 4.95. The van der Waals surface area contributed by atoms with Gasteiger partial charge in [0, 0.05) is 13.7 Å². The number of hydrogen-bond donors (Lipinski definition) is 3. The molecule has 1 heterocycles. The van der Waals surface area contributed by atoms with E-state index >= 15 is 0 Å². The third-order valence-corrected chi connectivity index (χ3v) is 3.61. The zero-order valence-corrected chi connectivity index (χ0v) is 12.4. The van der Waals surface area contributed by atoms with Crippen molar-refractivity contribution in [3.8, 4) is 0 Å². The molecule has 120 valence electrons. The molecule has 5 atom stereocenters. The van der Waals surface area contributed by atoms with Crippen LogP contribution in [0.1, 0.15) is 39.0 Å². The maximum atomic E-state index is 10.0. The number of aliphatic hydroxyl groups excluding tert-OH is 3. The van der Waals surface area contributed by atoms with Crippen LogP contribution in [-0.2, 0) is 14.2 Å². The first kappa shape index (κ1) is 17.8. The Labute approximate surface area is 120 Å². The Balaban J connectivity index is 2.37. The van der Waals surface area contributed by atoms with Gasteiger partial charge in [-0.25, -0.2) is 0 Å². The van der Waals surface area contributed by atoms with Gasteiger partial charge in [0.15, 0.2) is 6.29 Å². The normalized spacial score (nSPS) is 34.4. The van der Waals surface area contributed by atoms with Crippen LogP contribution >= 0.6 is 0 Å². The fourth-order valence-corrected chi connectivity index (χ4v) is 2.38. The molecule has 5 unspecified atom stereocenters. The standard InChI is InChI=1S/C14H28O6/c1-3-4-5-6-7-8-19-13-10(9-15)20-14(18-2)12(17)11(13)16/h10-17H,3-9H2,1-2H3. The molecule has 1 rings (SSSR count). The Morgan fingerprint density at radius 3 is 2.35 bits per heavy atom. The first-order valence-electron chi connectivity index (χ1n) is 7.42. The van der Waals surface area contributed by atoms with Crippen LogP contribution in [0.5, 0.6) is 0 Å². The SMILES string of the molecule is CCCCCCCOC1C(CO)OC(OC)C(O)C1O. The van der Waals surface area contributed by atoms with Crippen molar-refractivity contribution in [3.63, 3.8) is 0 Å². The highest BCUT2D eigenvalue weighted by atomic mass is 16.7. The smallest absolute Gasteiger partial charge is 0.186 e. The summed E-state index contributed by atoms with van der Waals surface area (Å²) in [7, 11) is 1.38. The number of methoxy groups -OCH3 is 1. The van der Waals surface area contributed by atoms with Crippen LogP contribution < -0.4 is 0 Å². The lowest BCUT2D eigenvalue weighted by Crippen LogP contribution is -2.59. The van der Waals surface area contributed by atoms with E-state index in [9.17, 15) is 15.3 Å². The van der Waals surface area contributed by atoms with Gasteiger partial charge >= 0.3 is 0 Å². The lowest BCUT2D eigenvalue weighted by Gasteiger charge is -2.41. The van der Waals surface area contributed by atoms with Crippen molar-refractivity contribution in [1.29, 1.82) is 0 Å². The van der Waals surface area contributed by atoms with Gasteiger partial charge < -0.3 is 29.5 Å². The minimum atomic E-state index is -1.17. The topological polar surface area (TPSA) is 88.4 Å². The van der Waals surface area contributed by atoms with Crippen LogP contribution in [0.25, 0.3) is 0 Å². The molecule has 1 aliphatic heterocycles. The fraction of sp³-hybridized carbons (Fsp3) is 1.00. The quantitative estimate of drug-likeness (QED) is 0.534. The molecule has 0 radical (unpaired) electrons. The van der Waals surface area contributed by atoms with Crippen LogP contribution in [0.4, 0.5) is 0 Å². The molecule has 20 heavy (non-hydrogen) atoms. The number of unbranched alkanes of at least 4 members (excludes halogenated alkanes) is 4. The van der Waals surface area contributed by atoms with Crippen molar-refractivity contribution >= 4 is 0 Å². The van der Waals surface area contributed by atoms with Gasteiger partial charge in [-0.05, 0) is 6.42 Å². The van der Waals surface area contributed by atoms with Gasteiger partial charge in [0.2, 0.25) is 0 Å². The Kier molecular flexibility index (Phi) is 8.60. The van der Waals surface area contributed by atoms with Gasteiger partial charge in [-0.1, -0.05) is 32.6 Å². The fourth-order valence-electron chi connectivity index (χ4n) is 2.38. The van der Waals surface area contributed by atoms with E-state index in [1.54, 1.807) is 0 Å². The van der Waals surface area contributed by atoms with E-state index in [4.69, 9.17) is 14.2 Å². The maximum absolute atomic E-state index is 10.0. The highest BCUT2D eigenvalue weighted by Gasteiger charge is 2.45. The summed E-state index contributed by atoms with van der Waals surface area (Å²) in [4.78, 5) is 0. The van der Waals surface area contributed by atoms with Gasteiger partial charge in [0.05, 0.1) is 6.61 Å². The Hall–Kier alpha value is -0.240. The zero-order valence-electron chi connectivity index (χ0n) is 12.4. The predicted molar refractivity (Wildman–Crippen MR) is 73.3 cm³/mol. The molecule has 0 aromatic carbocycles.